The average molecular weight is 751 g/mol. The third kappa shape index (κ3) is 32.5. The van der Waals surface area contributed by atoms with E-state index in [2.05, 4.69) is 4.74 Å². The molecule has 0 heterocycles. The minimum absolute atomic E-state index is 0.0201. The van der Waals surface area contributed by atoms with Gasteiger partial charge in [-0.2, -0.15) is 22.0 Å². The lowest BCUT2D eigenvalue weighted by atomic mass is 10.3. The zero-order chi connectivity index (χ0) is 36.9. The van der Waals surface area contributed by atoms with Gasteiger partial charge in [-0.3, -0.25) is 0 Å². The van der Waals surface area contributed by atoms with E-state index in [1.165, 1.54) is 0 Å². The van der Waals surface area contributed by atoms with E-state index in [1.54, 1.807) is 7.11 Å². The van der Waals surface area contributed by atoms with Crippen molar-refractivity contribution in [1.82, 2.24) is 0 Å². The van der Waals surface area contributed by atoms with Gasteiger partial charge in [0.15, 0.2) is 0 Å². The molecule has 0 aliphatic rings. The molecule has 0 unspecified atom stereocenters. The Morgan fingerprint density at radius 1 is 0.340 bits per heavy atom. The maximum atomic E-state index is 12.7. The van der Waals surface area contributed by atoms with E-state index in [0.29, 0.717) is 132 Å². The maximum absolute atomic E-state index is 12.7. The highest BCUT2D eigenvalue weighted by atomic mass is 19.4. The molecule has 0 aliphatic carbocycles. The second-order valence-electron chi connectivity index (χ2n) is 9.55. The molecule has 15 nitrogen and oxygen atoms in total. The first kappa shape index (κ1) is 48.6. The maximum Gasteiger partial charge on any atom is 0.465 e. The third-order valence-corrected chi connectivity index (χ3v) is 5.60. The smallest absolute Gasteiger partial charge is 0.459 e. The van der Waals surface area contributed by atoms with Crippen LogP contribution >= 0.6 is 0 Å². The molecule has 0 N–H and O–H groups in total. The lowest BCUT2D eigenvalue weighted by Gasteiger charge is -2.17. The van der Waals surface area contributed by atoms with Crippen molar-refractivity contribution in [3.05, 3.63) is 0 Å². The van der Waals surface area contributed by atoms with Gasteiger partial charge in [-0.25, -0.2) is 4.79 Å². The van der Waals surface area contributed by atoms with Crippen molar-refractivity contribution in [2.75, 3.05) is 179 Å². The van der Waals surface area contributed by atoms with Crippen LogP contribution in [0.1, 0.15) is 0 Å². The van der Waals surface area contributed by atoms with Crippen LogP contribution in [0.5, 0.6) is 0 Å². The largest absolute Gasteiger partial charge is 0.465 e. The summed E-state index contributed by atoms with van der Waals surface area (Å²) in [6, 6.07) is 0. The van der Waals surface area contributed by atoms with E-state index in [0.717, 1.165) is 0 Å². The van der Waals surface area contributed by atoms with Gasteiger partial charge >= 0.3 is 18.1 Å². The summed E-state index contributed by atoms with van der Waals surface area (Å²) < 4.78 is 134. The fourth-order valence-electron chi connectivity index (χ4n) is 3.06. The Balaban J connectivity index is 3.15. The molecule has 0 amide bonds. The van der Waals surface area contributed by atoms with E-state index in [4.69, 9.17) is 61.6 Å². The van der Waals surface area contributed by atoms with Gasteiger partial charge in [-0.15, -0.1) is 0 Å². The van der Waals surface area contributed by atoms with Crippen LogP contribution in [0.3, 0.4) is 0 Å². The molecule has 0 atom stereocenters. The molecule has 0 aromatic rings. The molecule has 300 valence electrons. The Kier molecular flexibility index (Phi) is 35.0. The van der Waals surface area contributed by atoms with E-state index < -0.39 is 24.7 Å². The Labute approximate surface area is 290 Å². The standard InChI is InChI=1S/C30H55F5O15/c1-37-2-3-38-4-5-39-6-7-40-8-9-41-10-11-42-12-13-43-14-15-44-16-17-45-18-19-46-20-21-47-22-23-48-24-25-49-26-27-50-28(36)29(31,32)30(33,34)35/h2-27H2,1H3. The highest BCUT2D eigenvalue weighted by Gasteiger charge is 2.64. The summed E-state index contributed by atoms with van der Waals surface area (Å²) in [5.74, 6) is -8.23. The number of alkyl halides is 5. The molecule has 50 heavy (non-hydrogen) atoms. The van der Waals surface area contributed by atoms with Crippen molar-refractivity contribution in [1.29, 1.82) is 0 Å². The monoisotopic (exact) mass is 750 g/mol. The lowest BCUT2D eigenvalue weighted by Crippen LogP contribution is -2.45. The number of hydrogen-bond donors (Lipinski definition) is 0. The SMILES string of the molecule is COCCOCCOCCOCCOCCOCCOCCOCCOCCOCCOCCOCCOCCOC(=O)C(F)(F)C(F)(F)F. The zero-order valence-electron chi connectivity index (χ0n) is 28.9. The predicted octanol–water partition coefficient (Wildman–Crippen LogP) is 1.57. The zero-order valence-corrected chi connectivity index (χ0v) is 28.9. The first-order chi connectivity index (χ1) is 24.2. The minimum Gasteiger partial charge on any atom is -0.459 e. The highest BCUT2D eigenvalue weighted by Crippen LogP contribution is 2.36. The average Bonchev–Trinajstić information content (AvgIpc) is 3.08. The number of halogens is 5. The van der Waals surface area contributed by atoms with Crippen LogP contribution in [0, 0.1) is 0 Å². The van der Waals surface area contributed by atoms with Gasteiger partial charge in [-0.05, 0) is 0 Å². The molecule has 20 heteroatoms. The molecule has 0 aromatic heterocycles. The molecule has 0 saturated heterocycles. The van der Waals surface area contributed by atoms with Crippen molar-refractivity contribution in [3.63, 3.8) is 0 Å². The van der Waals surface area contributed by atoms with Gasteiger partial charge in [-0.1, -0.05) is 0 Å². The van der Waals surface area contributed by atoms with Gasteiger partial charge in [0.25, 0.3) is 0 Å². The van der Waals surface area contributed by atoms with Crippen LogP contribution in [-0.4, -0.2) is 197 Å². The van der Waals surface area contributed by atoms with Gasteiger partial charge in [0.2, 0.25) is 0 Å². The van der Waals surface area contributed by atoms with Crippen LogP contribution in [0.2, 0.25) is 0 Å². The summed E-state index contributed by atoms with van der Waals surface area (Å²) in [6.45, 7) is 8.87. The van der Waals surface area contributed by atoms with Crippen LogP contribution in [0.4, 0.5) is 22.0 Å². The number of esters is 1. The summed E-state index contributed by atoms with van der Waals surface area (Å²) in [5.41, 5.74) is 0. The van der Waals surface area contributed by atoms with Crippen molar-refractivity contribution in [3.8, 4) is 0 Å². The molecule has 0 rings (SSSR count). The number of carbonyl (C=O) groups is 1. The van der Waals surface area contributed by atoms with E-state index in [9.17, 15) is 26.7 Å². The molecular formula is C30H55F5O15. The quantitative estimate of drug-likeness (QED) is 0.0507. The van der Waals surface area contributed by atoms with Gasteiger partial charge in [0, 0.05) is 7.11 Å². The first-order valence-corrected chi connectivity index (χ1v) is 16.3. The molecule has 0 aliphatic heterocycles. The van der Waals surface area contributed by atoms with Crippen LogP contribution in [-0.2, 0) is 71.1 Å². The number of carbonyl (C=O) groups excluding carboxylic acids is 1. The summed E-state index contributed by atoms with van der Waals surface area (Å²) in [4.78, 5) is 10.8. The Morgan fingerprint density at radius 2 is 0.520 bits per heavy atom. The summed E-state index contributed by atoms with van der Waals surface area (Å²) in [5, 5.41) is 0. The molecule has 0 spiro atoms. The fraction of sp³-hybridized carbons (Fsp3) is 0.967. The third-order valence-electron chi connectivity index (χ3n) is 5.60. The topological polar surface area (TPSA) is 146 Å². The molecule has 0 radical (unpaired) electrons. The molecule has 0 bridgehead atoms. The van der Waals surface area contributed by atoms with Gasteiger partial charge in [0.1, 0.15) is 6.61 Å². The number of hydrogen-bond acceptors (Lipinski definition) is 15. The Morgan fingerprint density at radius 3 is 0.700 bits per heavy atom. The summed E-state index contributed by atoms with van der Waals surface area (Å²) in [6.07, 6.45) is -6.01. The number of rotatable bonds is 40. The summed E-state index contributed by atoms with van der Waals surface area (Å²) in [7, 11) is 1.63. The van der Waals surface area contributed by atoms with Crippen molar-refractivity contribution < 1.29 is 93.1 Å². The molecule has 0 aromatic carbocycles. The van der Waals surface area contributed by atoms with Gasteiger partial charge in [0.05, 0.1) is 165 Å². The second kappa shape index (κ2) is 36.0. The van der Waals surface area contributed by atoms with E-state index in [-0.39, 0.29) is 33.0 Å². The highest BCUT2D eigenvalue weighted by molar-refractivity contribution is 5.78. The molecule has 0 saturated carbocycles. The fourth-order valence-corrected chi connectivity index (χ4v) is 3.06. The number of ether oxygens (including phenoxy) is 14. The summed E-state index contributed by atoms with van der Waals surface area (Å²) >= 11 is 0. The van der Waals surface area contributed by atoms with Crippen LogP contribution in [0.15, 0.2) is 0 Å². The molecular weight excluding hydrogens is 695 g/mol. The van der Waals surface area contributed by atoms with Crippen LogP contribution in [0.25, 0.3) is 0 Å². The Bertz CT molecular complexity index is 727. The van der Waals surface area contributed by atoms with E-state index >= 15 is 0 Å². The second-order valence-corrected chi connectivity index (χ2v) is 9.55. The molecule has 0 fully saturated rings. The Hall–Kier alpha value is -1.40. The lowest BCUT2D eigenvalue weighted by molar-refractivity contribution is -0.280. The van der Waals surface area contributed by atoms with Crippen molar-refractivity contribution in [2.24, 2.45) is 0 Å². The van der Waals surface area contributed by atoms with E-state index in [1.807, 2.05) is 0 Å². The number of methoxy groups -OCH3 is 1. The predicted molar refractivity (Wildman–Crippen MR) is 164 cm³/mol. The van der Waals surface area contributed by atoms with Gasteiger partial charge < -0.3 is 66.3 Å². The minimum atomic E-state index is -6.01. The van der Waals surface area contributed by atoms with Crippen molar-refractivity contribution in [2.45, 2.75) is 12.1 Å². The van der Waals surface area contributed by atoms with Crippen molar-refractivity contribution >= 4 is 5.97 Å². The normalized spacial score (nSPS) is 12.2. The van der Waals surface area contributed by atoms with Crippen LogP contribution < -0.4 is 0 Å². The first-order valence-electron chi connectivity index (χ1n) is 16.3.